The fraction of sp³-hybridized carbons (Fsp3) is 0.571. The quantitative estimate of drug-likeness (QED) is 0.159. The van der Waals surface area contributed by atoms with Crippen molar-refractivity contribution in [3.8, 4) is 0 Å². The molecule has 0 radical (unpaired) electrons. The first-order valence-electron chi connectivity index (χ1n) is 15.5. The maximum absolute atomic E-state index is 13.0. The van der Waals surface area contributed by atoms with Gasteiger partial charge in [-0.15, -0.1) is 0 Å². The van der Waals surface area contributed by atoms with Gasteiger partial charge in [0, 0.05) is 37.7 Å². The van der Waals surface area contributed by atoms with E-state index < -0.39 is 47.9 Å². The van der Waals surface area contributed by atoms with Gasteiger partial charge >= 0.3 is 11.9 Å². The average Bonchev–Trinajstić information content (AvgIpc) is 3.50. The molecule has 2 aliphatic rings. The molecular weight excluding hydrogens is 578 g/mol. The van der Waals surface area contributed by atoms with Crippen LogP contribution < -0.4 is 0 Å². The van der Waals surface area contributed by atoms with Crippen LogP contribution in [-0.2, 0) is 23.8 Å². The van der Waals surface area contributed by atoms with E-state index in [4.69, 9.17) is 18.6 Å². The number of rotatable bonds is 8. The molecular formula is C35H49NO9. The Labute approximate surface area is 266 Å². The molecule has 1 aromatic rings. The molecule has 248 valence electrons. The number of aryl methyl sites for hydroxylation is 1. The van der Waals surface area contributed by atoms with Crippen LogP contribution in [0.15, 0.2) is 64.4 Å². The van der Waals surface area contributed by atoms with Crippen molar-refractivity contribution in [1.82, 2.24) is 4.98 Å². The fourth-order valence-corrected chi connectivity index (χ4v) is 5.45. The number of methoxy groups -OCH3 is 1. The van der Waals surface area contributed by atoms with Crippen molar-refractivity contribution in [3.05, 3.63) is 71.5 Å². The van der Waals surface area contributed by atoms with Gasteiger partial charge in [-0.25, -0.2) is 9.78 Å². The molecule has 10 nitrogen and oxygen atoms in total. The zero-order valence-electron chi connectivity index (χ0n) is 27.4. The molecule has 0 spiro atoms. The highest BCUT2D eigenvalue weighted by Crippen LogP contribution is 2.43. The minimum atomic E-state index is -0.988. The monoisotopic (exact) mass is 627 g/mol. The summed E-state index contributed by atoms with van der Waals surface area (Å²) < 4.78 is 21.7. The summed E-state index contributed by atoms with van der Waals surface area (Å²) in [6.07, 6.45) is 12.5. The Morgan fingerprint density at radius 1 is 1.24 bits per heavy atom. The number of aromatic nitrogens is 1. The first-order valence-corrected chi connectivity index (χ1v) is 15.5. The lowest BCUT2D eigenvalue weighted by molar-refractivity contribution is -0.150. The number of epoxide rings is 1. The summed E-state index contributed by atoms with van der Waals surface area (Å²) in [6, 6.07) is 0. The molecule has 1 saturated heterocycles. The van der Waals surface area contributed by atoms with Crippen molar-refractivity contribution in [2.75, 3.05) is 7.11 Å². The first-order chi connectivity index (χ1) is 21.2. The molecule has 0 aromatic carbocycles. The summed E-state index contributed by atoms with van der Waals surface area (Å²) in [5.74, 6) is -1.48. The van der Waals surface area contributed by atoms with Gasteiger partial charge in [-0.1, -0.05) is 50.3 Å². The van der Waals surface area contributed by atoms with Gasteiger partial charge in [-0.05, 0) is 56.8 Å². The number of fused-ring (bicyclic) bond motifs is 1. The summed E-state index contributed by atoms with van der Waals surface area (Å²) in [6.45, 7) is 10.9. The number of hydrogen-bond acceptors (Lipinski definition) is 10. The molecule has 3 rings (SSSR count). The van der Waals surface area contributed by atoms with E-state index in [1.807, 2.05) is 44.2 Å². The van der Waals surface area contributed by atoms with Crippen molar-refractivity contribution < 1.29 is 43.5 Å². The summed E-state index contributed by atoms with van der Waals surface area (Å²) in [7, 11) is 1.32. The predicted molar refractivity (Wildman–Crippen MR) is 170 cm³/mol. The van der Waals surface area contributed by atoms with Crippen LogP contribution in [-0.4, -0.2) is 75.5 Å². The van der Waals surface area contributed by atoms with E-state index in [1.165, 1.54) is 13.2 Å². The molecule has 0 saturated carbocycles. The third-order valence-corrected chi connectivity index (χ3v) is 8.73. The second-order valence-corrected chi connectivity index (χ2v) is 12.5. The number of hydrogen-bond donors (Lipinski definition) is 3. The van der Waals surface area contributed by atoms with Crippen molar-refractivity contribution in [3.63, 3.8) is 0 Å². The maximum atomic E-state index is 13.0. The molecule has 2 aliphatic heterocycles. The molecule has 45 heavy (non-hydrogen) atoms. The molecule has 9 unspecified atom stereocenters. The van der Waals surface area contributed by atoms with Gasteiger partial charge in [-0.3, -0.25) is 4.79 Å². The Balaban J connectivity index is 1.79. The topological polar surface area (TPSA) is 152 Å². The highest BCUT2D eigenvalue weighted by Gasteiger charge is 2.56. The Morgan fingerprint density at radius 3 is 2.64 bits per heavy atom. The average molecular weight is 628 g/mol. The maximum Gasteiger partial charge on any atom is 0.330 e. The van der Waals surface area contributed by atoms with E-state index in [9.17, 15) is 24.9 Å². The van der Waals surface area contributed by atoms with Gasteiger partial charge in [0.1, 0.15) is 29.8 Å². The molecule has 0 amide bonds. The SMILES string of the molecule is COC(=O)CC1CC=CC(=O)OC(C(C)C(O)C(C)=CC=CC(C)=Cc2coc(C)n2)CC(O)C2(C)OC2C=CC(C)C(O)C1. The third kappa shape index (κ3) is 10.6. The van der Waals surface area contributed by atoms with E-state index in [0.29, 0.717) is 24.3 Å². The molecule has 0 bridgehead atoms. The predicted octanol–water partition coefficient (Wildman–Crippen LogP) is 4.79. The van der Waals surface area contributed by atoms with Crippen LogP contribution in [0.3, 0.4) is 0 Å². The third-order valence-electron chi connectivity index (χ3n) is 8.73. The van der Waals surface area contributed by atoms with E-state index in [-0.39, 0.29) is 30.8 Å². The summed E-state index contributed by atoms with van der Waals surface area (Å²) in [4.78, 5) is 29.2. The smallest absolute Gasteiger partial charge is 0.330 e. The zero-order valence-corrected chi connectivity index (χ0v) is 27.4. The standard InChI is InChI=1S/C35H49NO9/c1-21(16-27-20-43-25(5)36-27)10-8-11-23(3)34(41)24(4)29-19-30(38)35(6)31(45-35)15-14-22(2)28(37)17-26(18-33(40)42-7)12-9-13-32(39)44-29/h8-11,13-16,20,22,24,26,28-31,34,37-38,41H,12,17-19H2,1-7H3. The van der Waals surface area contributed by atoms with Crippen molar-refractivity contribution in [2.45, 2.75) is 103 Å². The molecule has 3 heterocycles. The number of esters is 2. The Bertz CT molecular complexity index is 1310. The van der Waals surface area contributed by atoms with Gasteiger partial charge in [-0.2, -0.15) is 0 Å². The number of nitrogens with zero attached hydrogens (tertiary/aromatic N) is 1. The normalized spacial score (nSPS) is 31.7. The molecule has 1 aromatic heterocycles. The highest BCUT2D eigenvalue weighted by molar-refractivity contribution is 5.82. The van der Waals surface area contributed by atoms with E-state index in [1.54, 1.807) is 46.1 Å². The van der Waals surface area contributed by atoms with Crippen molar-refractivity contribution in [1.29, 1.82) is 0 Å². The number of carbonyl (C=O) groups is 2. The lowest BCUT2D eigenvalue weighted by atomic mass is 9.86. The Hall–Kier alpha value is -3.31. The van der Waals surface area contributed by atoms with Gasteiger partial charge in [0.25, 0.3) is 0 Å². The van der Waals surface area contributed by atoms with Gasteiger partial charge in [0.2, 0.25) is 0 Å². The van der Waals surface area contributed by atoms with Crippen LogP contribution >= 0.6 is 0 Å². The number of aliphatic hydroxyl groups is 3. The lowest BCUT2D eigenvalue weighted by Crippen LogP contribution is -2.40. The van der Waals surface area contributed by atoms with Crippen LogP contribution in [0.4, 0.5) is 0 Å². The zero-order chi connectivity index (χ0) is 33.3. The number of aliphatic hydroxyl groups excluding tert-OH is 3. The fourth-order valence-electron chi connectivity index (χ4n) is 5.45. The largest absolute Gasteiger partial charge is 0.469 e. The summed E-state index contributed by atoms with van der Waals surface area (Å²) in [5, 5.41) is 33.3. The van der Waals surface area contributed by atoms with E-state index >= 15 is 0 Å². The highest BCUT2D eigenvalue weighted by atomic mass is 16.6. The molecule has 9 atom stereocenters. The second-order valence-electron chi connectivity index (χ2n) is 12.5. The number of cyclic esters (lactones) is 1. The van der Waals surface area contributed by atoms with Gasteiger partial charge in [0.05, 0.1) is 25.4 Å². The van der Waals surface area contributed by atoms with E-state index in [2.05, 4.69) is 4.98 Å². The van der Waals surface area contributed by atoms with Crippen LogP contribution in [0, 0.1) is 24.7 Å². The lowest BCUT2D eigenvalue weighted by Gasteiger charge is -2.30. The number of allylic oxidation sites excluding steroid dienone is 5. The van der Waals surface area contributed by atoms with Crippen molar-refractivity contribution >= 4 is 18.0 Å². The molecule has 1 fully saturated rings. The number of oxazole rings is 1. The summed E-state index contributed by atoms with van der Waals surface area (Å²) >= 11 is 0. The minimum Gasteiger partial charge on any atom is -0.469 e. The number of ether oxygens (including phenoxy) is 3. The summed E-state index contributed by atoms with van der Waals surface area (Å²) in [5.41, 5.74) is 1.41. The Morgan fingerprint density at radius 2 is 1.98 bits per heavy atom. The van der Waals surface area contributed by atoms with Gasteiger partial charge in [0.15, 0.2) is 5.89 Å². The molecule has 10 heteroatoms. The molecule has 0 aliphatic carbocycles. The van der Waals surface area contributed by atoms with Gasteiger partial charge < -0.3 is 33.9 Å². The van der Waals surface area contributed by atoms with Crippen LogP contribution in [0.1, 0.15) is 71.9 Å². The minimum absolute atomic E-state index is 0.0455. The van der Waals surface area contributed by atoms with E-state index in [0.717, 1.165) is 11.3 Å². The van der Waals surface area contributed by atoms with Crippen LogP contribution in [0.5, 0.6) is 0 Å². The molecule has 3 N–H and O–H groups in total. The first kappa shape index (κ1) is 36.2. The van der Waals surface area contributed by atoms with Crippen LogP contribution in [0.25, 0.3) is 6.08 Å². The Kier molecular flexibility index (Phi) is 13.1. The number of carbonyl (C=O) groups excluding carboxylic acids is 2. The second kappa shape index (κ2) is 16.3. The van der Waals surface area contributed by atoms with Crippen LogP contribution in [0.2, 0.25) is 0 Å². The van der Waals surface area contributed by atoms with Crippen molar-refractivity contribution in [2.24, 2.45) is 17.8 Å².